The lowest BCUT2D eigenvalue weighted by Gasteiger charge is -2.09. The van der Waals surface area contributed by atoms with E-state index in [-0.39, 0.29) is 5.91 Å². The fourth-order valence-corrected chi connectivity index (χ4v) is 2.01. The Hall–Kier alpha value is -0.930. The average Bonchev–Trinajstić information content (AvgIpc) is 2.28. The van der Waals surface area contributed by atoms with Crippen LogP contribution in [0.5, 0.6) is 5.75 Å². The molecule has 1 aromatic carbocycles. The maximum Gasteiger partial charge on any atom is 0.251 e. The number of hydrogen-bond acceptors (Lipinski definition) is 2. The van der Waals surface area contributed by atoms with E-state index in [2.05, 4.69) is 12.2 Å². The largest absolute Gasteiger partial charge is 0.494 e. The number of hydrogen-bond donors (Lipinski definition) is 1. The summed E-state index contributed by atoms with van der Waals surface area (Å²) in [4.78, 5) is 11.8. The van der Waals surface area contributed by atoms with Crippen LogP contribution in [0.3, 0.4) is 0 Å². The van der Waals surface area contributed by atoms with Gasteiger partial charge in [0.25, 0.3) is 5.91 Å². The normalized spacial score (nSPS) is 10.1. The van der Waals surface area contributed by atoms with E-state index < -0.39 is 0 Å². The molecule has 0 aliphatic carbocycles. The van der Waals surface area contributed by atoms with E-state index in [4.69, 9.17) is 27.9 Å². The molecule has 3 nitrogen and oxygen atoms in total. The summed E-state index contributed by atoms with van der Waals surface area (Å²) in [5.74, 6) is 0.211. The lowest BCUT2D eigenvalue weighted by Crippen LogP contribution is -2.24. The molecular weight excluding hydrogens is 261 g/mol. The third-order valence-corrected chi connectivity index (χ3v) is 2.84. The molecule has 1 aromatic rings. The summed E-state index contributed by atoms with van der Waals surface area (Å²) < 4.78 is 5.01. The Balaban J connectivity index is 2.81. The summed E-state index contributed by atoms with van der Waals surface area (Å²) in [6, 6.07) is 3.10. The van der Waals surface area contributed by atoms with E-state index in [1.807, 2.05) is 0 Å². The predicted octanol–water partition coefficient (Wildman–Crippen LogP) is 3.53. The second kappa shape index (κ2) is 6.72. The summed E-state index contributed by atoms with van der Waals surface area (Å²) in [5.41, 5.74) is 0.442. The smallest absolute Gasteiger partial charge is 0.251 e. The minimum atomic E-state index is -0.176. The number of unbranched alkanes of at least 4 members (excludes halogenated alkanes) is 1. The van der Waals surface area contributed by atoms with E-state index in [9.17, 15) is 4.79 Å². The van der Waals surface area contributed by atoms with E-state index in [1.165, 1.54) is 7.11 Å². The molecule has 0 unspecified atom stereocenters. The zero-order valence-electron chi connectivity index (χ0n) is 9.85. The molecular formula is C12H15Cl2NO2. The molecule has 0 fully saturated rings. The Kier molecular flexibility index (Phi) is 5.59. The molecule has 17 heavy (non-hydrogen) atoms. The number of nitrogens with one attached hydrogen (secondary N) is 1. The monoisotopic (exact) mass is 275 g/mol. The zero-order valence-corrected chi connectivity index (χ0v) is 11.4. The second-order valence-electron chi connectivity index (χ2n) is 3.58. The molecule has 0 radical (unpaired) electrons. The second-order valence-corrected chi connectivity index (χ2v) is 4.40. The SMILES string of the molecule is CCCCNC(=O)c1cc(Cl)c(OC)c(Cl)c1. The van der Waals surface area contributed by atoms with Gasteiger partial charge in [0.15, 0.2) is 5.75 Å². The van der Waals surface area contributed by atoms with Crippen LogP contribution in [0.2, 0.25) is 10.0 Å². The summed E-state index contributed by atoms with van der Waals surface area (Å²) in [6.45, 7) is 2.71. The van der Waals surface area contributed by atoms with Gasteiger partial charge < -0.3 is 10.1 Å². The Labute approximate surface area is 111 Å². The van der Waals surface area contributed by atoms with Crippen molar-refractivity contribution in [2.24, 2.45) is 0 Å². The summed E-state index contributed by atoms with van der Waals surface area (Å²) in [6.07, 6.45) is 1.98. The first-order valence-corrected chi connectivity index (χ1v) is 6.17. The van der Waals surface area contributed by atoms with Crippen molar-refractivity contribution in [1.29, 1.82) is 0 Å². The number of carbonyl (C=O) groups excluding carboxylic acids is 1. The minimum Gasteiger partial charge on any atom is -0.494 e. The van der Waals surface area contributed by atoms with Crippen molar-refractivity contribution in [2.75, 3.05) is 13.7 Å². The van der Waals surface area contributed by atoms with Crippen molar-refractivity contribution in [3.63, 3.8) is 0 Å². The van der Waals surface area contributed by atoms with E-state index in [0.29, 0.717) is 27.9 Å². The van der Waals surface area contributed by atoms with Gasteiger partial charge in [0, 0.05) is 12.1 Å². The fourth-order valence-electron chi connectivity index (χ4n) is 1.37. The Morgan fingerprint density at radius 2 is 1.94 bits per heavy atom. The average molecular weight is 276 g/mol. The van der Waals surface area contributed by atoms with Gasteiger partial charge in [-0.3, -0.25) is 4.79 Å². The van der Waals surface area contributed by atoms with Crippen molar-refractivity contribution >= 4 is 29.1 Å². The van der Waals surface area contributed by atoms with Crippen LogP contribution in [-0.2, 0) is 0 Å². The molecule has 0 aliphatic heterocycles. The first kappa shape index (κ1) is 14.1. The first-order chi connectivity index (χ1) is 8.10. The van der Waals surface area contributed by atoms with Gasteiger partial charge in [-0.25, -0.2) is 0 Å². The van der Waals surface area contributed by atoms with Gasteiger partial charge >= 0.3 is 0 Å². The Morgan fingerprint density at radius 1 is 1.35 bits per heavy atom. The molecule has 1 rings (SSSR count). The van der Waals surface area contributed by atoms with Gasteiger partial charge in [-0.15, -0.1) is 0 Å². The molecule has 1 amide bonds. The standard InChI is InChI=1S/C12H15Cl2NO2/c1-3-4-5-15-12(16)8-6-9(13)11(17-2)10(14)7-8/h6-7H,3-5H2,1-2H3,(H,15,16). The van der Waals surface area contributed by atoms with Crippen molar-refractivity contribution < 1.29 is 9.53 Å². The highest BCUT2D eigenvalue weighted by molar-refractivity contribution is 6.37. The number of rotatable bonds is 5. The van der Waals surface area contributed by atoms with Crippen LogP contribution in [0, 0.1) is 0 Å². The Morgan fingerprint density at radius 3 is 2.41 bits per heavy atom. The molecule has 0 aromatic heterocycles. The fraction of sp³-hybridized carbons (Fsp3) is 0.417. The van der Waals surface area contributed by atoms with E-state index >= 15 is 0 Å². The molecule has 0 spiro atoms. The van der Waals surface area contributed by atoms with Crippen LogP contribution >= 0.6 is 23.2 Å². The van der Waals surface area contributed by atoms with Crippen molar-refractivity contribution in [3.8, 4) is 5.75 Å². The number of amides is 1. The van der Waals surface area contributed by atoms with Gasteiger partial charge in [0.1, 0.15) is 0 Å². The predicted molar refractivity (Wildman–Crippen MR) is 70.3 cm³/mol. The lowest BCUT2D eigenvalue weighted by atomic mass is 10.2. The van der Waals surface area contributed by atoms with Gasteiger partial charge in [-0.1, -0.05) is 36.5 Å². The number of ether oxygens (including phenoxy) is 1. The topological polar surface area (TPSA) is 38.3 Å². The molecule has 0 saturated heterocycles. The van der Waals surface area contributed by atoms with Gasteiger partial charge in [-0.2, -0.15) is 0 Å². The highest BCUT2D eigenvalue weighted by atomic mass is 35.5. The van der Waals surface area contributed by atoms with E-state index in [0.717, 1.165) is 12.8 Å². The van der Waals surface area contributed by atoms with Gasteiger partial charge in [0.2, 0.25) is 0 Å². The molecule has 0 bridgehead atoms. The van der Waals surface area contributed by atoms with Crippen LogP contribution in [0.1, 0.15) is 30.1 Å². The highest BCUT2D eigenvalue weighted by Gasteiger charge is 2.12. The molecule has 0 saturated carbocycles. The van der Waals surface area contributed by atoms with Gasteiger partial charge in [0.05, 0.1) is 17.2 Å². The van der Waals surface area contributed by atoms with Crippen LogP contribution < -0.4 is 10.1 Å². The molecule has 0 heterocycles. The van der Waals surface area contributed by atoms with Crippen molar-refractivity contribution in [2.45, 2.75) is 19.8 Å². The quantitative estimate of drug-likeness (QED) is 0.835. The summed E-state index contributed by atoms with van der Waals surface area (Å²) >= 11 is 11.9. The molecule has 1 N–H and O–H groups in total. The minimum absolute atomic E-state index is 0.176. The summed E-state index contributed by atoms with van der Waals surface area (Å²) in [7, 11) is 1.48. The lowest BCUT2D eigenvalue weighted by molar-refractivity contribution is 0.0953. The van der Waals surface area contributed by atoms with E-state index in [1.54, 1.807) is 12.1 Å². The molecule has 0 atom stereocenters. The zero-order chi connectivity index (χ0) is 12.8. The van der Waals surface area contributed by atoms with Crippen LogP contribution in [0.4, 0.5) is 0 Å². The third kappa shape index (κ3) is 3.79. The van der Waals surface area contributed by atoms with Crippen molar-refractivity contribution in [1.82, 2.24) is 5.32 Å². The number of benzene rings is 1. The molecule has 94 valence electrons. The van der Waals surface area contributed by atoms with Crippen LogP contribution in [0.15, 0.2) is 12.1 Å². The summed E-state index contributed by atoms with van der Waals surface area (Å²) in [5, 5.41) is 3.46. The highest BCUT2D eigenvalue weighted by Crippen LogP contribution is 2.33. The molecule has 5 heteroatoms. The first-order valence-electron chi connectivity index (χ1n) is 5.41. The number of carbonyl (C=O) groups is 1. The van der Waals surface area contributed by atoms with Crippen LogP contribution in [-0.4, -0.2) is 19.6 Å². The number of methoxy groups -OCH3 is 1. The number of halogens is 2. The van der Waals surface area contributed by atoms with Crippen molar-refractivity contribution in [3.05, 3.63) is 27.7 Å². The maximum atomic E-state index is 11.8. The molecule has 0 aliphatic rings. The van der Waals surface area contributed by atoms with Crippen LogP contribution in [0.25, 0.3) is 0 Å². The maximum absolute atomic E-state index is 11.8. The Bertz CT molecular complexity index is 384. The van der Waals surface area contributed by atoms with Gasteiger partial charge in [-0.05, 0) is 18.6 Å². The third-order valence-electron chi connectivity index (χ3n) is 2.28.